The second-order valence-electron chi connectivity index (χ2n) is 12.9. The Kier molecular flexibility index (Phi) is 41.9. The third-order valence-corrected chi connectivity index (χ3v) is 8.83. The van der Waals surface area contributed by atoms with E-state index in [1.807, 2.05) is 0 Å². The molecule has 2 N–H and O–H groups in total. The van der Waals surface area contributed by atoms with Crippen molar-refractivity contribution in [2.45, 2.75) is 213 Å². The Labute approximate surface area is 271 Å². The van der Waals surface area contributed by atoms with Gasteiger partial charge in [0.1, 0.15) is 0 Å². The Morgan fingerprint density at radius 2 is 0.610 bits per heavy atom. The molecule has 0 radical (unpaired) electrons. The van der Waals surface area contributed by atoms with Crippen molar-refractivity contribution in [1.82, 2.24) is 0 Å². The molecule has 2 heteroatoms. The van der Waals surface area contributed by atoms with Gasteiger partial charge in [0.2, 0.25) is 0 Å². The van der Waals surface area contributed by atoms with Crippen molar-refractivity contribution in [1.29, 1.82) is 0 Å². The lowest BCUT2D eigenvalue weighted by molar-refractivity contribution is 0.410. The molecule has 0 saturated carbocycles. The van der Waals surface area contributed by atoms with Crippen molar-refractivity contribution in [2.75, 3.05) is 6.54 Å². The minimum Gasteiger partial charge on any atom is -0.330 e. The van der Waals surface area contributed by atoms with Crippen LogP contribution >= 0.6 is 17.0 Å². The van der Waals surface area contributed by atoms with Crippen LogP contribution in [0, 0.1) is 5.92 Å². The molecule has 0 saturated heterocycles. The Morgan fingerprint density at radius 1 is 0.366 bits per heavy atom. The summed E-state index contributed by atoms with van der Waals surface area (Å²) in [6.07, 6.45) is 53.0. The number of halogens is 1. The van der Waals surface area contributed by atoms with Crippen LogP contribution in [0.1, 0.15) is 213 Å². The molecule has 246 valence electrons. The fourth-order valence-corrected chi connectivity index (χ4v) is 5.92. The summed E-state index contributed by atoms with van der Waals surface area (Å²) in [7, 11) is 0. The molecule has 0 aromatic rings. The highest BCUT2D eigenvalue weighted by Gasteiger charge is 2.06. The monoisotopic (exact) mass is 640 g/mol. The van der Waals surface area contributed by atoms with Gasteiger partial charge in [0.05, 0.1) is 0 Å². The molecular formula is C39H78BrN. The minimum absolute atomic E-state index is 0. The van der Waals surface area contributed by atoms with Gasteiger partial charge in [-0.25, -0.2) is 0 Å². The summed E-state index contributed by atoms with van der Waals surface area (Å²) in [6.45, 7) is 5.49. The zero-order chi connectivity index (χ0) is 29.0. The van der Waals surface area contributed by atoms with Crippen LogP contribution in [-0.4, -0.2) is 6.54 Å². The Hall–Kier alpha value is -0.0800. The molecule has 0 heterocycles. The first-order valence-electron chi connectivity index (χ1n) is 18.8. The third kappa shape index (κ3) is 37.9. The molecular weight excluding hydrogens is 562 g/mol. The molecule has 0 rings (SSSR count). The van der Waals surface area contributed by atoms with E-state index < -0.39 is 0 Å². The predicted octanol–water partition coefficient (Wildman–Crippen LogP) is 14.4. The van der Waals surface area contributed by atoms with Crippen molar-refractivity contribution in [3.63, 3.8) is 0 Å². The molecule has 0 aliphatic heterocycles. The quantitative estimate of drug-likeness (QED) is 0.0550. The van der Waals surface area contributed by atoms with E-state index >= 15 is 0 Å². The van der Waals surface area contributed by atoms with E-state index in [9.17, 15) is 0 Å². The predicted molar refractivity (Wildman–Crippen MR) is 196 cm³/mol. The Balaban J connectivity index is 0. The normalized spacial score (nSPS) is 12.5. The van der Waals surface area contributed by atoms with Crippen LogP contribution in [0.4, 0.5) is 0 Å². The van der Waals surface area contributed by atoms with E-state index in [0.29, 0.717) is 0 Å². The summed E-state index contributed by atoms with van der Waals surface area (Å²) in [6, 6.07) is 0. The molecule has 41 heavy (non-hydrogen) atoms. The van der Waals surface area contributed by atoms with Gasteiger partial charge < -0.3 is 5.73 Å². The van der Waals surface area contributed by atoms with Gasteiger partial charge >= 0.3 is 0 Å². The molecule has 1 atom stereocenters. The number of hydrogen-bond donors (Lipinski definition) is 1. The van der Waals surface area contributed by atoms with Gasteiger partial charge in [-0.15, -0.1) is 17.0 Å². The topological polar surface area (TPSA) is 26.0 Å². The second-order valence-corrected chi connectivity index (χ2v) is 12.9. The summed E-state index contributed by atoms with van der Waals surface area (Å²) in [5, 5.41) is 0. The summed E-state index contributed by atoms with van der Waals surface area (Å²) in [5.41, 5.74) is 6.10. The van der Waals surface area contributed by atoms with Gasteiger partial charge in [-0.3, -0.25) is 0 Å². The lowest BCUT2D eigenvalue weighted by atomic mass is 9.94. The van der Waals surface area contributed by atoms with E-state index in [1.165, 1.54) is 199 Å². The molecule has 0 bridgehead atoms. The van der Waals surface area contributed by atoms with Crippen molar-refractivity contribution >= 4 is 17.0 Å². The lowest BCUT2D eigenvalue weighted by Gasteiger charge is -2.14. The summed E-state index contributed by atoms with van der Waals surface area (Å²) in [4.78, 5) is 0. The Bertz CT molecular complexity index is 500. The van der Waals surface area contributed by atoms with E-state index in [2.05, 4.69) is 38.2 Å². The highest BCUT2D eigenvalue weighted by molar-refractivity contribution is 8.93. The van der Waals surface area contributed by atoms with Crippen molar-refractivity contribution < 1.29 is 0 Å². The average molecular weight is 641 g/mol. The van der Waals surface area contributed by atoms with E-state index in [-0.39, 0.29) is 17.0 Å². The SMILES string of the molecule is Br.CCCCCCCC/C=C\CCCCCCCCCC(CN)CCCCCCCC/C=C\CCCCCCCC. The minimum atomic E-state index is 0. The first kappa shape index (κ1) is 43.0. The van der Waals surface area contributed by atoms with Crippen LogP contribution < -0.4 is 5.73 Å². The third-order valence-electron chi connectivity index (χ3n) is 8.83. The highest BCUT2D eigenvalue weighted by atomic mass is 79.9. The van der Waals surface area contributed by atoms with Gasteiger partial charge in [-0.1, -0.05) is 173 Å². The summed E-state index contributed by atoms with van der Waals surface area (Å²) < 4.78 is 0. The first-order chi connectivity index (χ1) is 19.8. The number of allylic oxidation sites excluding steroid dienone is 4. The zero-order valence-electron chi connectivity index (χ0n) is 28.5. The molecule has 1 nitrogen and oxygen atoms in total. The molecule has 0 aromatic heterocycles. The first-order valence-corrected chi connectivity index (χ1v) is 18.8. The van der Waals surface area contributed by atoms with E-state index in [4.69, 9.17) is 5.73 Å². The van der Waals surface area contributed by atoms with Crippen LogP contribution in [-0.2, 0) is 0 Å². The fraction of sp³-hybridized carbons (Fsp3) is 0.897. The van der Waals surface area contributed by atoms with Gasteiger partial charge in [-0.05, 0) is 76.7 Å². The summed E-state index contributed by atoms with van der Waals surface area (Å²) in [5.74, 6) is 0.778. The maximum atomic E-state index is 6.10. The molecule has 1 unspecified atom stereocenters. The number of rotatable bonds is 34. The van der Waals surface area contributed by atoms with Crippen LogP contribution in [0.3, 0.4) is 0 Å². The van der Waals surface area contributed by atoms with Crippen molar-refractivity contribution in [2.24, 2.45) is 11.7 Å². The molecule has 0 aliphatic carbocycles. The van der Waals surface area contributed by atoms with Gasteiger partial charge in [0.25, 0.3) is 0 Å². The molecule has 0 spiro atoms. The number of nitrogens with two attached hydrogens (primary N) is 1. The smallest absolute Gasteiger partial charge is 0.00489 e. The molecule has 0 amide bonds. The largest absolute Gasteiger partial charge is 0.330 e. The second kappa shape index (κ2) is 39.9. The lowest BCUT2D eigenvalue weighted by Crippen LogP contribution is -2.14. The van der Waals surface area contributed by atoms with Crippen molar-refractivity contribution in [3.8, 4) is 0 Å². The maximum Gasteiger partial charge on any atom is -0.00489 e. The van der Waals surface area contributed by atoms with Crippen molar-refractivity contribution in [3.05, 3.63) is 24.3 Å². The van der Waals surface area contributed by atoms with Crippen LogP contribution in [0.5, 0.6) is 0 Å². The molecule has 0 aliphatic rings. The standard InChI is InChI=1S/C39H77N.BrH/c1-3-5-7-9-11-13-15-17-19-21-23-25-27-29-31-33-35-37-39(38-40)36-34-32-30-28-26-24-22-20-18-16-14-12-10-8-6-4-2;/h17-20,39H,3-16,21-38,40H2,1-2H3;1H/b19-17-,20-18-;. The zero-order valence-corrected chi connectivity index (χ0v) is 30.2. The fourth-order valence-electron chi connectivity index (χ4n) is 5.92. The van der Waals surface area contributed by atoms with E-state index in [1.54, 1.807) is 0 Å². The Morgan fingerprint density at radius 3 is 0.878 bits per heavy atom. The maximum absolute atomic E-state index is 6.10. The van der Waals surface area contributed by atoms with Gasteiger partial charge in [-0.2, -0.15) is 0 Å². The average Bonchev–Trinajstić information content (AvgIpc) is 2.97. The molecule has 0 aromatic carbocycles. The van der Waals surface area contributed by atoms with Crippen LogP contribution in [0.2, 0.25) is 0 Å². The number of hydrogen-bond acceptors (Lipinski definition) is 1. The molecule has 0 fully saturated rings. The van der Waals surface area contributed by atoms with Crippen LogP contribution in [0.25, 0.3) is 0 Å². The highest BCUT2D eigenvalue weighted by Crippen LogP contribution is 2.19. The van der Waals surface area contributed by atoms with Crippen LogP contribution in [0.15, 0.2) is 24.3 Å². The number of unbranched alkanes of at least 4 members (excludes halogenated alkanes) is 25. The summed E-state index contributed by atoms with van der Waals surface area (Å²) >= 11 is 0. The van der Waals surface area contributed by atoms with E-state index in [0.717, 1.165) is 12.5 Å². The van der Waals surface area contributed by atoms with Gasteiger partial charge in [0, 0.05) is 0 Å². The van der Waals surface area contributed by atoms with Gasteiger partial charge in [0.15, 0.2) is 0 Å².